The lowest BCUT2D eigenvalue weighted by Crippen LogP contribution is -2.49. The summed E-state index contributed by atoms with van der Waals surface area (Å²) in [5.41, 5.74) is 7.41. The summed E-state index contributed by atoms with van der Waals surface area (Å²) >= 11 is 0. The first-order chi connectivity index (χ1) is 8.72. The third-order valence-electron chi connectivity index (χ3n) is 3.48. The second-order valence-corrected chi connectivity index (χ2v) is 4.74. The summed E-state index contributed by atoms with van der Waals surface area (Å²) in [6.07, 6.45) is 0. The van der Waals surface area contributed by atoms with Crippen LogP contribution in [-0.4, -0.2) is 55.0 Å². The van der Waals surface area contributed by atoms with Crippen molar-refractivity contribution in [2.45, 2.75) is 6.92 Å². The van der Waals surface area contributed by atoms with Gasteiger partial charge in [0.25, 0.3) is 5.91 Å². The fourth-order valence-corrected chi connectivity index (χ4v) is 2.34. The minimum atomic E-state index is 0.153. The highest BCUT2D eigenvalue weighted by molar-refractivity contribution is 5.95. The van der Waals surface area contributed by atoms with Crippen molar-refractivity contribution in [3.05, 3.63) is 35.4 Å². The van der Waals surface area contributed by atoms with Crippen LogP contribution in [-0.2, 0) is 0 Å². The predicted molar refractivity (Wildman–Crippen MR) is 72.6 cm³/mol. The van der Waals surface area contributed by atoms with E-state index in [1.54, 1.807) is 0 Å². The molecule has 4 heteroatoms. The fourth-order valence-electron chi connectivity index (χ4n) is 2.34. The minimum absolute atomic E-state index is 0.153. The van der Waals surface area contributed by atoms with Crippen LogP contribution >= 0.6 is 0 Å². The van der Waals surface area contributed by atoms with Crippen LogP contribution in [0.1, 0.15) is 15.9 Å². The van der Waals surface area contributed by atoms with E-state index in [9.17, 15) is 4.79 Å². The average Bonchev–Trinajstić information content (AvgIpc) is 2.40. The van der Waals surface area contributed by atoms with Gasteiger partial charge in [-0.05, 0) is 18.6 Å². The highest BCUT2D eigenvalue weighted by Gasteiger charge is 2.22. The quantitative estimate of drug-likeness (QED) is 0.856. The molecule has 0 unspecified atom stereocenters. The molecule has 4 nitrogen and oxygen atoms in total. The Morgan fingerprint density at radius 2 is 1.89 bits per heavy atom. The molecule has 0 radical (unpaired) electrons. The van der Waals surface area contributed by atoms with E-state index in [1.165, 1.54) is 0 Å². The van der Waals surface area contributed by atoms with E-state index in [0.717, 1.165) is 43.9 Å². The van der Waals surface area contributed by atoms with E-state index in [1.807, 2.05) is 36.1 Å². The normalized spacial score (nSPS) is 16.9. The maximum absolute atomic E-state index is 12.4. The van der Waals surface area contributed by atoms with Gasteiger partial charge < -0.3 is 10.6 Å². The number of hydrogen-bond donors (Lipinski definition) is 1. The fraction of sp³-hybridized carbons (Fsp3) is 0.500. The molecule has 0 aromatic heterocycles. The summed E-state index contributed by atoms with van der Waals surface area (Å²) in [6, 6.07) is 7.78. The largest absolute Gasteiger partial charge is 0.336 e. The Labute approximate surface area is 108 Å². The number of piperazine rings is 1. The van der Waals surface area contributed by atoms with E-state index >= 15 is 0 Å². The number of carbonyl (C=O) groups is 1. The van der Waals surface area contributed by atoms with Crippen molar-refractivity contribution in [2.24, 2.45) is 5.73 Å². The van der Waals surface area contributed by atoms with E-state index in [-0.39, 0.29) is 5.91 Å². The van der Waals surface area contributed by atoms with Crippen LogP contribution < -0.4 is 5.73 Å². The predicted octanol–water partition coefficient (Wildman–Crippen LogP) is 0.712. The van der Waals surface area contributed by atoms with Gasteiger partial charge in [0.15, 0.2) is 0 Å². The Kier molecular flexibility index (Phi) is 4.33. The van der Waals surface area contributed by atoms with Gasteiger partial charge >= 0.3 is 0 Å². The lowest BCUT2D eigenvalue weighted by atomic mass is 10.1. The Balaban J connectivity index is 1.98. The molecule has 0 spiro atoms. The van der Waals surface area contributed by atoms with Crippen molar-refractivity contribution < 1.29 is 4.79 Å². The zero-order chi connectivity index (χ0) is 13.0. The van der Waals surface area contributed by atoms with Gasteiger partial charge in [0.05, 0.1) is 0 Å². The van der Waals surface area contributed by atoms with Crippen molar-refractivity contribution in [1.82, 2.24) is 9.80 Å². The Morgan fingerprint density at radius 3 is 2.50 bits per heavy atom. The lowest BCUT2D eigenvalue weighted by Gasteiger charge is -2.34. The molecule has 0 atom stereocenters. The maximum atomic E-state index is 12.4. The minimum Gasteiger partial charge on any atom is -0.336 e. The summed E-state index contributed by atoms with van der Waals surface area (Å²) in [6.45, 7) is 7.04. The topological polar surface area (TPSA) is 49.6 Å². The van der Waals surface area contributed by atoms with E-state index < -0.39 is 0 Å². The summed E-state index contributed by atoms with van der Waals surface area (Å²) in [7, 11) is 0. The number of carbonyl (C=O) groups excluding carboxylic acids is 1. The van der Waals surface area contributed by atoms with Crippen molar-refractivity contribution in [1.29, 1.82) is 0 Å². The van der Waals surface area contributed by atoms with Gasteiger partial charge in [-0.25, -0.2) is 0 Å². The molecule has 18 heavy (non-hydrogen) atoms. The molecule has 0 saturated carbocycles. The number of aryl methyl sites for hydroxylation is 1. The second kappa shape index (κ2) is 5.98. The molecule has 2 N–H and O–H groups in total. The number of nitrogens with two attached hydrogens (primary N) is 1. The standard InChI is InChI=1S/C14H21N3O/c1-12-4-2-3-5-13(12)14(18)17-10-8-16(7-6-15)9-11-17/h2-5H,6-11,15H2,1H3. The van der Waals surface area contributed by atoms with Crippen LogP contribution in [0.3, 0.4) is 0 Å². The van der Waals surface area contributed by atoms with Gasteiger partial charge in [0, 0.05) is 44.8 Å². The third-order valence-corrected chi connectivity index (χ3v) is 3.48. The van der Waals surface area contributed by atoms with Crippen LogP contribution in [0, 0.1) is 6.92 Å². The van der Waals surface area contributed by atoms with Crippen molar-refractivity contribution >= 4 is 5.91 Å². The first kappa shape index (κ1) is 13.1. The molecule has 0 bridgehead atoms. The molecular weight excluding hydrogens is 226 g/mol. The van der Waals surface area contributed by atoms with Crippen LogP contribution in [0.4, 0.5) is 0 Å². The number of amides is 1. The summed E-state index contributed by atoms with van der Waals surface area (Å²) in [5.74, 6) is 0.153. The zero-order valence-electron chi connectivity index (χ0n) is 10.9. The molecule has 1 heterocycles. The van der Waals surface area contributed by atoms with Crippen LogP contribution in [0.2, 0.25) is 0 Å². The van der Waals surface area contributed by atoms with Crippen LogP contribution in [0.5, 0.6) is 0 Å². The van der Waals surface area contributed by atoms with Gasteiger partial charge in [0.2, 0.25) is 0 Å². The molecule has 0 aliphatic carbocycles. The van der Waals surface area contributed by atoms with Gasteiger partial charge in [0.1, 0.15) is 0 Å². The van der Waals surface area contributed by atoms with Crippen molar-refractivity contribution in [3.8, 4) is 0 Å². The van der Waals surface area contributed by atoms with Gasteiger partial charge in [-0.3, -0.25) is 9.69 Å². The monoisotopic (exact) mass is 247 g/mol. The average molecular weight is 247 g/mol. The summed E-state index contributed by atoms with van der Waals surface area (Å²) < 4.78 is 0. The Bertz CT molecular complexity index is 411. The number of nitrogens with zero attached hydrogens (tertiary/aromatic N) is 2. The molecule has 1 aliphatic heterocycles. The highest BCUT2D eigenvalue weighted by Crippen LogP contribution is 2.12. The SMILES string of the molecule is Cc1ccccc1C(=O)N1CCN(CCN)CC1. The third kappa shape index (κ3) is 2.89. The van der Waals surface area contributed by atoms with E-state index in [4.69, 9.17) is 5.73 Å². The number of hydrogen-bond acceptors (Lipinski definition) is 3. The summed E-state index contributed by atoms with van der Waals surface area (Å²) in [4.78, 5) is 16.6. The Morgan fingerprint density at radius 1 is 1.22 bits per heavy atom. The molecule has 1 aliphatic rings. The van der Waals surface area contributed by atoms with Crippen molar-refractivity contribution in [3.63, 3.8) is 0 Å². The van der Waals surface area contributed by atoms with E-state index in [0.29, 0.717) is 6.54 Å². The molecule has 1 saturated heterocycles. The maximum Gasteiger partial charge on any atom is 0.254 e. The molecule has 1 aromatic rings. The Hall–Kier alpha value is -1.39. The van der Waals surface area contributed by atoms with Gasteiger partial charge in [-0.2, -0.15) is 0 Å². The van der Waals surface area contributed by atoms with Crippen LogP contribution in [0.25, 0.3) is 0 Å². The molecule has 1 amide bonds. The van der Waals surface area contributed by atoms with Gasteiger partial charge in [-0.1, -0.05) is 18.2 Å². The zero-order valence-corrected chi connectivity index (χ0v) is 10.9. The molecule has 1 aromatic carbocycles. The molecule has 1 fully saturated rings. The molecule has 2 rings (SSSR count). The first-order valence-corrected chi connectivity index (χ1v) is 6.49. The molecule has 98 valence electrons. The van der Waals surface area contributed by atoms with Crippen LogP contribution in [0.15, 0.2) is 24.3 Å². The van der Waals surface area contributed by atoms with Crippen molar-refractivity contribution in [2.75, 3.05) is 39.3 Å². The number of rotatable bonds is 3. The number of benzene rings is 1. The first-order valence-electron chi connectivity index (χ1n) is 6.49. The lowest BCUT2D eigenvalue weighted by molar-refractivity contribution is 0.0640. The van der Waals surface area contributed by atoms with Gasteiger partial charge in [-0.15, -0.1) is 0 Å². The van der Waals surface area contributed by atoms with E-state index in [2.05, 4.69) is 4.90 Å². The highest BCUT2D eigenvalue weighted by atomic mass is 16.2. The second-order valence-electron chi connectivity index (χ2n) is 4.74. The summed E-state index contributed by atoms with van der Waals surface area (Å²) in [5, 5.41) is 0. The smallest absolute Gasteiger partial charge is 0.254 e. The molecular formula is C14H21N3O.